The molecule has 0 bridgehead atoms. The summed E-state index contributed by atoms with van der Waals surface area (Å²) in [6.45, 7) is 6.39. The van der Waals surface area contributed by atoms with Gasteiger partial charge in [-0.2, -0.15) is 13.2 Å². The molecule has 1 aliphatic rings. The summed E-state index contributed by atoms with van der Waals surface area (Å²) < 4.78 is 38.5. The van der Waals surface area contributed by atoms with Crippen molar-refractivity contribution in [2.24, 2.45) is 0 Å². The highest BCUT2D eigenvalue weighted by molar-refractivity contribution is 7.11. The van der Waals surface area contributed by atoms with Crippen molar-refractivity contribution in [3.8, 4) is 0 Å². The van der Waals surface area contributed by atoms with E-state index < -0.39 is 11.9 Å². The van der Waals surface area contributed by atoms with Crippen LogP contribution in [0.5, 0.6) is 0 Å². The molecule has 0 spiro atoms. The van der Waals surface area contributed by atoms with E-state index in [1.54, 1.807) is 6.92 Å². The number of alkyl halides is 3. The Kier molecular flexibility index (Phi) is 3.93. The van der Waals surface area contributed by atoms with Gasteiger partial charge in [0.25, 0.3) is 0 Å². The Balaban J connectivity index is 2.18. The van der Waals surface area contributed by atoms with Crippen molar-refractivity contribution in [1.29, 1.82) is 0 Å². The van der Waals surface area contributed by atoms with Crippen molar-refractivity contribution in [2.75, 3.05) is 19.6 Å². The van der Waals surface area contributed by atoms with E-state index in [2.05, 4.69) is 15.2 Å². The van der Waals surface area contributed by atoms with Crippen LogP contribution < -0.4 is 5.32 Å². The zero-order valence-electron chi connectivity index (χ0n) is 10.3. The molecule has 0 amide bonds. The number of piperazine rings is 1. The quantitative estimate of drug-likeness (QED) is 0.900. The van der Waals surface area contributed by atoms with Crippen LogP contribution in [-0.4, -0.2) is 35.6 Å². The SMILES string of the molecule is Cc1nc(C(F)(F)F)c(CN2CCNC[C@@H]2C)s1. The van der Waals surface area contributed by atoms with E-state index in [1.165, 1.54) is 0 Å². The minimum absolute atomic E-state index is 0.252. The van der Waals surface area contributed by atoms with Gasteiger partial charge in [-0.1, -0.05) is 0 Å². The number of nitrogens with zero attached hydrogens (tertiary/aromatic N) is 2. The van der Waals surface area contributed by atoms with E-state index in [0.717, 1.165) is 31.0 Å². The lowest BCUT2D eigenvalue weighted by Gasteiger charge is -2.33. The lowest BCUT2D eigenvalue weighted by Crippen LogP contribution is -2.49. The Bertz CT molecular complexity index is 416. The molecule has 0 radical (unpaired) electrons. The molecule has 0 aromatic carbocycles. The van der Waals surface area contributed by atoms with E-state index in [0.29, 0.717) is 16.4 Å². The molecular weight excluding hydrogens is 263 g/mol. The van der Waals surface area contributed by atoms with Gasteiger partial charge in [-0.25, -0.2) is 4.98 Å². The summed E-state index contributed by atoms with van der Waals surface area (Å²) in [5.74, 6) is 0. The predicted molar refractivity (Wildman–Crippen MR) is 64.6 cm³/mol. The Morgan fingerprint density at radius 2 is 2.22 bits per heavy atom. The third kappa shape index (κ3) is 3.02. The van der Waals surface area contributed by atoms with E-state index >= 15 is 0 Å². The van der Waals surface area contributed by atoms with Crippen molar-refractivity contribution in [1.82, 2.24) is 15.2 Å². The second-order valence-corrected chi connectivity index (χ2v) is 5.81. The topological polar surface area (TPSA) is 28.2 Å². The lowest BCUT2D eigenvalue weighted by molar-refractivity contribution is -0.141. The minimum atomic E-state index is -4.35. The molecule has 1 aromatic heterocycles. The molecule has 1 aliphatic heterocycles. The fraction of sp³-hybridized carbons (Fsp3) is 0.727. The maximum absolute atomic E-state index is 12.8. The van der Waals surface area contributed by atoms with Gasteiger partial charge in [0, 0.05) is 32.2 Å². The number of aryl methyl sites for hydroxylation is 1. The van der Waals surface area contributed by atoms with E-state index in [-0.39, 0.29) is 6.04 Å². The maximum atomic E-state index is 12.8. The molecule has 2 rings (SSSR count). The van der Waals surface area contributed by atoms with Crippen molar-refractivity contribution in [3.05, 3.63) is 15.6 Å². The molecule has 0 aliphatic carbocycles. The van der Waals surface area contributed by atoms with Crippen molar-refractivity contribution in [2.45, 2.75) is 32.6 Å². The van der Waals surface area contributed by atoms with Crippen LogP contribution in [0, 0.1) is 6.92 Å². The monoisotopic (exact) mass is 279 g/mol. The Morgan fingerprint density at radius 3 is 2.83 bits per heavy atom. The largest absolute Gasteiger partial charge is 0.434 e. The molecule has 1 N–H and O–H groups in total. The van der Waals surface area contributed by atoms with E-state index in [9.17, 15) is 13.2 Å². The smallest absolute Gasteiger partial charge is 0.314 e. The molecule has 1 fully saturated rings. The van der Waals surface area contributed by atoms with Crippen molar-refractivity contribution in [3.63, 3.8) is 0 Å². The average molecular weight is 279 g/mol. The van der Waals surface area contributed by atoms with Gasteiger partial charge in [-0.05, 0) is 13.8 Å². The molecule has 1 atom stereocenters. The summed E-state index contributed by atoms with van der Waals surface area (Å²) in [5.41, 5.74) is -0.712. The van der Waals surface area contributed by atoms with Crippen LogP contribution in [-0.2, 0) is 12.7 Å². The van der Waals surface area contributed by atoms with E-state index in [1.807, 2.05) is 6.92 Å². The minimum Gasteiger partial charge on any atom is -0.314 e. The van der Waals surface area contributed by atoms with Gasteiger partial charge >= 0.3 is 6.18 Å². The first-order valence-corrected chi connectivity index (χ1v) is 6.68. The maximum Gasteiger partial charge on any atom is 0.434 e. The first-order valence-electron chi connectivity index (χ1n) is 5.86. The number of aromatic nitrogens is 1. The molecule has 0 saturated carbocycles. The molecule has 102 valence electrons. The highest BCUT2D eigenvalue weighted by Crippen LogP contribution is 2.35. The number of rotatable bonds is 2. The molecule has 1 aromatic rings. The van der Waals surface area contributed by atoms with Gasteiger partial charge < -0.3 is 5.32 Å². The zero-order valence-corrected chi connectivity index (χ0v) is 11.2. The number of nitrogens with one attached hydrogen (secondary N) is 1. The molecule has 3 nitrogen and oxygen atoms in total. The first-order chi connectivity index (χ1) is 8.38. The highest BCUT2D eigenvalue weighted by atomic mass is 32.1. The summed E-state index contributed by atoms with van der Waals surface area (Å²) in [7, 11) is 0. The number of hydrogen-bond acceptors (Lipinski definition) is 4. The van der Waals surface area contributed by atoms with Gasteiger partial charge in [0.15, 0.2) is 5.69 Å². The summed E-state index contributed by atoms with van der Waals surface area (Å²) in [5, 5.41) is 3.70. The molecule has 1 saturated heterocycles. The lowest BCUT2D eigenvalue weighted by atomic mass is 10.2. The Morgan fingerprint density at radius 1 is 1.50 bits per heavy atom. The Labute approximate surface area is 108 Å². The number of halogens is 3. The molecule has 18 heavy (non-hydrogen) atoms. The predicted octanol–water partition coefficient (Wildman–Crippen LogP) is 2.26. The molecular formula is C11H16F3N3S. The summed E-state index contributed by atoms with van der Waals surface area (Å²) in [4.78, 5) is 6.02. The fourth-order valence-electron chi connectivity index (χ4n) is 2.10. The zero-order chi connectivity index (χ0) is 13.3. The second kappa shape index (κ2) is 5.14. The van der Waals surface area contributed by atoms with Gasteiger partial charge in [-0.3, -0.25) is 4.90 Å². The first kappa shape index (κ1) is 13.8. The average Bonchev–Trinajstić information content (AvgIpc) is 2.63. The van der Waals surface area contributed by atoms with Crippen LogP contribution >= 0.6 is 11.3 Å². The van der Waals surface area contributed by atoms with Gasteiger partial charge in [0.2, 0.25) is 0 Å². The van der Waals surface area contributed by atoms with E-state index in [4.69, 9.17) is 0 Å². The highest BCUT2D eigenvalue weighted by Gasteiger charge is 2.37. The van der Waals surface area contributed by atoms with Crippen LogP contribution in [0.15, 0.2) is 0 Å². The third-order valence-corrected chi connectivity index (χ3v) is 4.01. The fourth-order valence-corrected chi connectivity index (χ4v) is 3.08. The number of thiazole rings is 1. The van der Waals surface area contributed by atoms with Gasteiger partial charge in [0.05, 0.1) is 9.88 Å². The van der Waals surface area contributed by atoms with Crippen LogP contribution in [0.4, 0.5) is 13.2 Å². The molecule has 7 heteroatoms. The van der Waals surface area contributed by atoms with Crippen LogP contribution in [0.25, 0.3) is 0 Å². The van der Waals surface area contributed by atoms with Crippen LogP contribution in [0.3, 0.4) is 0 Å². The van der Waals surface area contributed by atoms with Crippen LogP contribution in [0.1, 0.15) is 22.5 Å². The second-order valence-electron chi connectivity index (χ2n) is 4.53. The van der Waals surface area contributed by atoms with Gasteiger partial charge in [-0.15, -0.1) is 11.3 Å². The molecule has 2 heterocycles. The van der Waals surface area contributed by atoms with Gasteiger partial charge in [0.1, 0.15) is 0 Å². The number of hydrogen-bond donors (Lipinski definition) is 1. The third-order valence-electron chi connectivity index (χ3n) is 3.06. The van der Waals surface area contributed by atoms with Crippen molar-refractivity contribution < 1.29 is 13.2 Å². The summed E-state index contributed by atoms with van der Waals surface area (Å²) in [6, 6.07) is 0.252. The standard InChI is InChI=1S/C11H16F3N3S/c1-7-5-15-3-4-17(7)6-9-10(11(12,13)14)16-8(2)18-9/h7,15H,3-6H2,1-2H3/t7-/m0/s1. The van der Waals surface area contributed by atoms with Crippen LogP contribution in [0.2, 0.25) is 0 Å². The Hall–Kier alpha value is -0.660. The summed E-state index contributed by atoms with van der Waals surface area (Å²) >= 11 is 1.14. The molecule has 0 unspecified atom stereocenters. The van der Waals surface area contributed by atoms with Crippen molar-refractivity contribution >= 4 is 11.3 Å². The normalized spacial score (nSPS) is 22.4. The summed E-state index contributed by atoms with van der Waals surface area (Å²) in [6.07, 6.45) is -4.35.